The van der Waals surface area contributed by atoms with Crippen LogP contribution in [0.2, 0.25) is 0 Å². The van der Waals surface area contributed by atoms with E-state index in [1.165, 1.54) is 25.3 Å². The van der Waals surface area contributed by atoms with Gasteiger partial charge in [-0.3, -0.25) is 14.9 Å². The first kappa shape index (κ1) is 20.0. The summed E-state index contributed by atoms with van der Waals surface area (Å²) in [5.74, 6) is -1.67. The molecule has 0 spiro atoms. The second-order valence-electron chi connectivity index (χ2n) is 6.82. The molecule has 3 rings (SSSR count). The number of nitrogens with zero attached hydrogens (tertiary/aromatic N) is 1. The van der Waals surface area contributed by atoms with Crippen LogP contribution in [0.3, 0.4) is 0 Å². The van der Waals surface area contributed by atoms with Crippen molar-refractivity contribution >= 4 is 35.6 Å². The van der Waals surface area contributed by atoms with Crippen molar-refractivity contribution in [3.8, 4) is 0 Å². The fourth-order valence-electron chi connectivity index (χ4n) is 2.90. The number of methoxy groups -OCH3 is 1. The van der Waals surface area contributed by atoms with Gasteiger partial charge < -0.3 is 4.74 Å². The van der Waals surface area contributed by atoms with Crippen molar-refractivity contribution in [3.05, 3.63) is 70.8 Å². The van der Waals surface area contributed by atoms with E-state index in [-0.39, 0.29) is 5.57 Å². The number of urea groups is 1. The number of anilines is 1. The minimum atomic E-state index is -0.796. The van der Waals surface area contributed by atoms with Gasteiger partial charge in [-0.05, 0) is 47.4 Å². The fraction of sp³-hybridized carbons (Fsp3) is 0.182. The van der Waals surface area contributed by atoms with Crippen LogP contribution in [0.15, 0.2) is 54.1 Å². The second-order valence-corrected chi connectivity index (χ2v) is 6.82. The number of amides is 4. The lowest BCUT2D eigenvalue weighted by molar-refractivity contribution is -0.122. The molecule has 1 aliphatic heterocycles. The van der Waals surface area contributed by atoms with Gasteiger partial charge in [-0.25, -0.2) is 14.5 Å². The molecular weight excluding hydrogens is 372 g/mol. The summed E-state index contributed by atoms with van der Waals surface area (Å²) in [6.45, 7) is 4.08. The zero-order valence-corrected chi connectivity index (χ0v) is 16.3. The Bertz CT molecular complexity index is 1000. The molecule has 29 heavy (non-hydrogen) atoms. The largest absolute Gasteiger partial charge is 0.465 e. The van der Waals surface area contributed by atoms with Crippen LogP contribution in [0.1, 0.15) is 41.3 Å². The maximum Gasteiger partial charge on any atom is 0.337 e. The smallest absolute Gasteiger partial charge is 0.337 e. The number of benzene rings is 2. The number of barbiturate groups is 1. The lowest BCUT2D eigenvalue weighted by Gasteiger charge is -2.26. The van der Waals surface area contributed by atoms with Crippen LogP contribution in [0.5, 0.6) is 0 Å². The number of carbonyl (C=O) groups excluding carboxylic acids is 4. The SMILES string of the molecule is COC(=O)c1ccc(/C=C2/C(=O)NC(=O)N(c3ccc(C(C)C)cc3)C2=O)cc1. The third kappa shape index (κ3) is 4.08. The number of hydrogen-bond donors (Lipinski definition) is 1. The van der Waals surface area contributed by atoms with Gasteiger partial charge in [-0.15, -0.1) is 0 Å². The molecule has 7 heteroatoms. The highest BCUT2D eigenvalue weighted by Crippen LogP contribution is 2.24. The average Bonchev–Trinajstić information content (AvgIpc) is 2.71. The molecule has 0 saturated carbocycles. The number of carbonyl (C=O) groups is 4. The van der Waals surface area contributed by atoms with E-state index in [0.29, 0.717) is 22.7 Å². The predicted octanol–water partition coefficient (Wildman–Crippen LogP) is 3.26. The second kappa shape index (κ2) is 8.10. The normalized spacial score (nSPS) is 15.7. The fourth-order valence-corrected chi connectivity index (χ4v) is 2.90. The van der Waals surface area contributed by atoms with E-state index in [0.717, 1.165) is 10.5 Å². The van der Waals surface area contributed by atoms with E-state index in [1.54, 1.807) is 24.3 Å². The predicted molar refractivity (Wildman–Crippen MR) is 107 cm³/mol. The van der Waals surface area contributed by atoms with Crippen molar-refractivity contribution in [2.24, 2.45) is 0 Å². The van der Waals surface area contributed by atoms with E-state index in [1.807, 2.05) is 26.0 Å². The van der Waals surface area contributed by atoms with Crippen LogP contribution in [-0.2, 0) is 14.3 Å². The van der Waals surface area contributed by atoms with Gasteiger partial charge >= 0.3 is 12.0 Å². The third-order valence-electron chi connectivity index (χ3n) is 4.56. The summed E-state index contributed by atoms with van der Waals surface area (Å²) in [7, 11) is 1.28. The molecule has 1 N–H and O–H groups in total. The van der Waals surface area contributed by atoms with E-state index >= 15 is 0 Å². The molecule has 0 atom stereocenters. The Hall–Kier alpha value is -3.74. The van der Waals surface area contributed by atoms with Crippen molar-refractivity contribution in [3.63, 3.8) is 0 Å². The number of nitrogens with one attached hydrogen (secondary N) is 1. The van der Waals surface area contributed by atoms with Gasteiger partial charge in [0, 0.05) is 0 Å². The van der Waals surface area contributed by atoms with Gasteiger partial charge in [-0.1, -0.05) is 38.1 Å². The molecule has 0 bridgehead atoms. The van der Waals surface area contributed by atoms with Gasteiger partial charge in [0.1, 0.15) is 5.57 Å². The highest BCUT2D eigenvalue weighted by molar-refractivity contribution is 6.39. The molecule has 1 aliphatic rings. The highest BCUT2D eigenvalue weighted by Gasteiger charge is 2.36. The number of rotatable bonds is 4. The van der Waals surface area contributed by atoms with Crippen molar-refractivity contribution in [2.75, 3.05) is 12.0 Å². The van der Waals surface area contributed by atoms with Crippen LogP contribution in [0.25, 0.3) is 6.08 Å². The first-order valence-electron chi connectivity index (χ1n) is 9.01. The monoisotopic (exact) mass is 392 g/mol. The third-order valence-corrected chi connectivity index (χ3v) is 4.56. The van der Waals surface area contributed by atoms with Crippen molar-refractivity contribution in [1.29, 1.82) is 0 Å². The van der Waals surface area contributed by atoms with Crippen molar-refractivity contribution < 1.29 is 23.9 Å². The number of esters is 1. The zero-order valence-electron chi connectivity index (χ0n) is 16.3. The van der Waals surface area contributed by atoms with Crippen LogP contribution in [-0.4, -0.2) is 30.9 Å². The van der Waals surface area contributed by atoms with Crippen LogP contribution in [0, 0.1) is 0 Å². The zero-order chi connectivity index (χ0) is 21.1. The molecule has 2 aromatic rings. The van der Waals surface area contributed by atoms with Gasteiger partial charge in [0.2, 0.25) is 0 Å². The molecule has 148 valence electrons. The lowest BCUT2D eigenvalue weighted by Crippen LogP contribution is -2.54. The number of ether oxygens (including phenoxy) is 1. The summed E-state index contributed by atoms with van der Waals surface area (Å²) in [5, 5.41) is 2.19. The van der Waals surface area contributed by atoms with Crippen LogP contribution in [0.4, 0.5) is 10.5 Å². The van der Waals surface area contributed by atoms with E-state index in [9.17, 15) is 19.2 Å². The Balaban J connectivity index is 1.92. The van der Waals surface area contributed by atoms with E-state index in [4.69, 9.17) is 0 Å². The highest BCUT2D eigenvalue weighted by atomic mass is 16.5. The van der Waals surface area contributed by atoms with E-state index in [2.05, 4.69) is 10.1 Å². The Labute approximate surface area is 168 Å². The van der Waals surface area contributed by atoms with Crippen molar-refractivity contribution in [1.82, 2.24) is 5.32 Å². The van der Waals surface area contributed by atoms with Crippen LogP contribution < -0.4 is 10.2 Å². The molecule has 1 saturated heterocycles. The summed E-state index contributed by atoms with van der Waals surface area (Å²) in [5.41, 5.74) is 2.13. The Morgan fingerprint density at radius 3 is 2.17 bits per heavy atom. The summed E-state index contributed by atoms with van der Waals surface area (Å²) in [4.78, 5) is 49.9. The summed E-state index contributed by atoms with van der Waals surface area (Å²) >= 11 is 0. The maximum atomic E-state index is 12.9. The lowest BCUT2D eigenvalue weighted by atomic mass is 10.0. The molecule has 0 aliphatic carbocycles. The molecule has 0 aromatic heterocycles. The van der Waals surface area contributed by atoms with Gasteiger partial charge in [-0.2, -0.15) is 0 Å². The summed E-state index contributed by atoms with van der Waals surface area (Å²) < 4.78 is 4.64. The molecular formula is C22H20N2O5. The van der Waals surface area contributed by atoms with Gasteiger partial charge in [0.25, 0.3) is 11.8 Å². The standard InChI is InChI=1S/C22H20N2O5/c1-13(2)15-8-10-17(11-9-15)24-20(26)18(19(25)23-22(24)28)12-14-4-6-16(7-5-14)21(27)29-3/h4-13H,1-3H3,(H,23,25,28)/b18-12-. The topological polar surface area (TPSA) is 92.8 Å². The first-order chi connectivity index (χ1) is 13.8. The quantitative estimate of drug-likeness (QED) is 0.490. The van der Waals surface area contributed by atoms with Crippen molar-refractivity contribution in [2.45, 2.75) is 19.8 Å². The molecule has 0 unspecified atom stereocenters. The minimum Gasteiger partial charge on any atom is -0.465 e. The average molecular weight is 392 g/mol. The Kier molecular flexibility index (Phi) is 5.59. The molecule has 0 radical (unpaired) electrons. The number of hydrogen-bond acceptors (Lipinski definition) is 5. The molecule has 4 amide bonds. The molecule has 1 heterocycles. The maximum absolute atomic E-state index is 12.9. The Morgan fingerprint density at radius 1 is 1.00 bits per heavy atom. The summed E-state index contributed by atoms with van der Waals surface area (Å²) in [6.07, 6.45) is 1.38. The van der Waals surface area contributed by atoms with Gasteiger partial charge in [0.15, 0.2) is 0 Å². The molecule has 2 aromatic carbocycles. The van der Waals surface area contributed by atoms with Gasteiger partial charge in [0.05, 0.1) is 18.4 Å². The first-order valence-corrected chi connectivity index (χ1v) is 9.01. The summed E-state index contributed by atoms with van der Waals surface area (Å²) in [6, 6.07) is 12.4. The minimum absolute atomic E-state index is 0.177. The van der Waals surface area contributed by atoms with Crippen LogP contribution >= 0.6 is 0 Å². The number of imide groups is 2. The van der Waals surface area contributed by atoms with E-state index < -0.39 is 23.8 Å². The Morgan fingerprint density at radius 2 is 1.62 bits per heavy atom. The molecule has 1 fully saturated rings. The molecule has 7 nitrogen and oxygen atoms in total.